The summed E-state index contributed by atoms with van der Waals surface area (Å²) in [5.41, 5.74) is 0. The van der Waals surface area contributed by atoms with Crippen LogP contribution in [0.3, 0.4) is 0 Å². The lowest BCUT2D eigenvalue weighted by Gasteiger charge is -2.37. The summed E-state index contributed by atoms with van der Waals surface area (Å²) in [6.45, 7) is 19.6. The van der Waals surface area contributed by atoms with Crippen LogP contribution >= 0.6 is 0 Å². The predicted octanol–water partition coefficient (Wildman–Crippen LogP) is 0.778. The highest BCUT2D eigenvalue weighted by atomic mass is 16.2. The van der Waals surface area contributed by atoms with E-state index in [4.69, 9.17) is 4.99 Å². The first-order chi connectivity index (χ1) is 12.5. The van der Waals surface area contributed by atoms with E-state index < -0.39 is 0 Å². The maximum absolute atomic E-state index is 12.4. The lowest BCUT2D eigenvalue weighted by molar-refractivity contribution is -0.131. The standard InChI is InChI=1S/C19H40N6O/c1-7-20-19(22(6)16-18(26)24(9-3)10-4)21-15-17(5)25-13-11-23(8-2)12-14-25/h17H,7-16H2,1-6H3,(H,20,21). The first kappa shape index (κ1) is 22.7. The van der Waals surface area contributed by atoms with Crippen molar-refractivity contribution in [3.63, 3.8) is 0 Å². The van der Waals surface area contributed by atoms with E-state index in [9.17, 15) is 4.79 Å². The van der Waals surface area contributed by atoms with Gasteiger partial charge >= 0.3 is 0 Å². The molecule has 7 heteroatoms. The predicted molar refractivity (Wildman–Crippen MR) is 110 cm³/mol. The highest BCUT2D eigenvalue weighted by Crippen LogP contribution is 2.06. The second kappa shape index (κ2) is 12.1. The smallest absolute Gasteiger partial charge is 0.242 e. The summed E-state index contributed by atoms with van der Waals surface area (Å²) in [6.07, 6.45) is 0. The van der Waals surface area contributed by atoms with Crippen molar-refractivity contribution >= 4 is 11.9 Å². The summed E-state index contributed by atoms with van der Waals surface area (Å²) in [6, 6.07) is 0.412. The van der Waals surface area contributed by atoms with Gasteiger partial charge in [0.2, 0.25) is 5.91 Å². The largest absolute Gasteiger partial charge is 0.357 e. The molecule has 1 aliphatic rings. The van der Waals surface area contributed by atoms with Gasteiger partial charge in [-0.25, -0.2) is 0 Å². The zero-order chi connectivity index (χ0) is 19.5. The number of carbonyl (C=O) groups excluding carboxylic acids is 1. The van der Waals surface area contributed by atoms with E-state index in [1.165, 1.54) is 0 Å². The third-order valence-electron chi connectivity index (χ3n) is 5.17. The van der Waals surface area contributed by atoms with Gasteiger partial charge in [0.1, 0.15) is 0 Å². The lowest BCUT2D eigenvalue weighted by atomic mass is 10.2. The molecule has 1 unspecified atom stereocenters. The van der Waals surface area contributed by atoms with Crippen molar-refractivity contribution in [1.82, 2.24) is 24.9 Å². The summed E-state index contributed by atoms with van der Waals surface area (Å²) in [5.74, 6) is 0.957. The number of piperazine rings is 1. The van der Waals surface area contributed by atoms with E-state index in [-0.39, 0.29) is 5.91 Å². The first-order valence-electron chi connectivity index (χ1n) is 10.2. The van der Waals surface area contributed by atoms with Crippen molar-refractivity contribution in [1.29, 1.82) is 0 Å². The second-order valence-corrected chi connectivity index (χ2v) is 6.94. The number of likely N-dealkylation sites (N-methyl/N-ethyl adjacent to an activating group) is 3. The van der Waals surface area contributed by atoms with Gasteiger partial charge in [-0.3, -0.25) is 14.7 Å². The molecule has 1 N–H and O–H groups in total. The van der Waals surface area contributed by atoms with Crippen LogP contribution < -0.4 is 5.32 Å². The molecule has 0 saturated carbocycles. The van der Waals surface area contributed by atoms with Crippen LogP contribution in [0.4, 0.5) is 0 Å². The topological polar surface area (TPSA) is 54.4 Å². The molecule has 1 aliphatic heterocycles. The molecule has 1 heterocycles. The number of nitrogens with zero attached hydrogens (tertiary/aromatic N) is 5. The summed E-state index contributed by atoms with van der Waals surface area (Å²) < 4.78 is 0. The molecule has 0 aliphatic carbocycles. The minimum Gasteiger partial charge on any atom is -0.357 e. The van der Waals surface area contributed by atoms with Crippen LogP contribution in [0.5, 0.6) is 0 Å². The minimum absolute atomic E-state index is 0.145. The second-order valence-electron chi connectivity index (χ2n) is 6.94. The Labute approximate surface area is 160 Å². The number of guanidine groups is 1. The number of aliphatic imine (C=N–C) groups is 1. The van der Waals surface area contributed by atoms with E-state index in [0.717, 1.165) is 64.9 Å². The van der Waals surface area contributed by atoms with Crippen molar-refractivity contribution in [3.8, 4) is 0 Å². The molecule has 152 valence electrons. The van der Waals surface area contributed by atoms with Gasteiger partial charge in [-0.05, 0) is 34.2 Å². The number of nitrogens with one attached hydrogen (secondary N) is 1. The highest BCUT2D eigenvalue weighted by molar-refractivity contribution is 5.86. The molecular formula is C19H40N6O. The Morgan fingerprint density at radius 3 is 2.23 bits per heavy atom. The molecule has 0 spiro atoms. The molecule has 0 aromatic rings. The van der Waals surface area contributed by atoms with E-state index in [1.807, 2.05) is 30.7 Å². The average molecular weight is 369 g/mol. The Balaban J connectivity index is 2.60. The number of rotatable bonds is 9. The van der Waals surface area contributed by atoms with Gasteiger partial charge in [-0.15, -0.1) is 0 Å². The third kappa shape index (κ3) is 7.11. The van der Waals surface area contributed by atoms with Crippen LogP contribution in [0, 0.1) is 0 Å². The van der Waals surface area contributed by atoms with Crippen LogP contribution in [0.25, 0.3) is 0 Å². The molecule has 0 aromatic heterocycles. The Morgan fingerprint density at radius 2 is 1.73 bits per heavy atom. The van der Waals surface area contributed by atoms with E-state index in [1.54, 1.807) is 0 Å². The fourth-order valence-corrected chi connectivity index (χ4v) is 3.28. The van der Waals surface area contributed by atoms with E-state index in [2.05, 4.69) is 35.9 Å². The molecule has 1 rings (SSSR count). The van der Waals surface area contributed by atoms with Crippen molar-refractivity contribution < 1.29 is 4.79 Å². The van der Waals surface area contributed by atoms with Crippen molar-refractivity contribution in [2.45, 2.75) is 40.7 Å². The zero-order valence-corrected chi connectivity index (χ0v) is 17.8. The first-order valence-corrected chi connectivity index (χ1v) is 10.2. The number of hydrogen-bond donors (Lipinski definition) is 1. The summed E-state index contributed by atoms with van der Waals surface area (Å²) in [5, 5.41) is 3.32. The third-order valence-corrected chi connectivity index (χ3v) is 5.17. The number of carbonyl (C=O) groups is 1. The maximum atomic E-state index is 12.4. The molecule has 0 bridgehead atoms. The molecule has 1 amide bonds. The molecule has 0 radical (unpaired) electrons. The van der Waals surface area contributed by atoms with Crippen LogP contribution in [0.1, 0.15) is 34.6 Å². The average Bonchev–Trinajstić information content (AvgIpc) is 2.65. The summed E-state index contributed by atoms with van der Waals surface area (Å²) >= 11 is 0. The molecule has 7 nitrogen and oxygen atoms in total. The van der Waals surface area contributed by atoms with Crippen LogP contribution in [-0.4, -0.2) is 110 Å². The highest BCUT2D eigenvalue weighted by Gasteiger charge is 2.20. The number of amides is 1. The monoisotopic (exact) mass is 368 g/mol. The van der Waals surface area contributed by atoms with Crippen molar-refractivity contribution in [3.05, 3.63) is 0 Å². The normalized spacial score (nSPS) is 17.8. The van der Waals surface area contributed by atoms with Gasteiger partial charge in [0.25, 0.3) is 0 Å². The Morgan fingerprint density at radius 1 is 1.12 bits per heavy atom. The lowest BCUT2D eigenvalue weighted by Crippen LogP contribution is -2.50. The molecule has 1 saturated heterocycles. The maximum Gasteiger partial charge on any atom is 0.242 e. The quantitative estimate of drug-likeness (QED) is 0.481. The van der Waals surface area contributed by atoms with Gasteiger partial charge in [-0.2, -0.15) is 0 Å². The Hall–Kier alpha value is -1.34. The van der Waals surface area contributed by atoms with Crippen LogP contribution in [0.15, 0.2) is 4.99 Å². The number of hydrogen-bond acceptors (Lipinski definition) is 4. The minimum atomic E-state index is 0.145. The van der Waals surface area contributed by atoms with Gasteiger partial charge in [-0.1, -0.05) is 6.92 Å². The van der Waals surface area contributed by atoms with Crippen molar-refractivity contribution in [2.24, 2.45) is 4.99 Å². The van der Waals surface area contributed by atoms with Crippen molar-refractivity contribution in [2.75, 3.05) is 72.5 Å². The molecule has 1 atom stereocenters. The molecule has 26 heavy (non-hydrogen) atoms. The van der Waals surface area contributed by atoms with E-state index >= 15 is 0 Å². The fraction of sp³-hybridized carbons (Fsp3) is 0.895. The van der Waals surface area contributed by atoms with Gasteiger partial charge < -0.3 is 20.0 Å². The van der Waals surface area contributed by atoms with Gasteiger partial charge in [0.05, 0.1) is 13.1 Å². The molecular weight excluding hydrogens is 328 g/mol. The Kier molecular flexibility index (Phi) is 10.6. The SMILES string of the molecule is CCNC(=NCC(C)N1CCN(CC)CC1)N(C)CC(=O)N(CC)CC. The van der Waals surface area contributed by atoms with Gasteiger partial charge in [0.15, 0.2) is 5.96 Å². The zero-order valence-electron chi connectivity index (χ0n) is 17.8. The Bertz CT molecular complexity index is 430. The molecule has 1 fully saturated rings. The summed E-state index contributed by atoms with van der Waals surface area (Å²) in [7, 11) is 1.94. The van der Waals surface area contributed by atoms with Crippen LogP contribution in [-0.2, 0) is 4.79 Å². The molecule has 0 aromatic carbocycles. The summed E-state index contributed by atoms with van der Waals surface area (Å²) in [4.78, 5) is 26.0. The van der Waals surface area contributed by atoms with E-state index in [0.29, 0.717) is 12.6 Å². The van der Waals surface area contributed by atoms with Gasteiger partial charge in [0, 0.05) is 58.9 Å². The van der Waals surface area contributed by atoms with Crippen LogP contribution in [0.2, 0.25) is 0 Å². The fourth-order valence-electron chi connectivity index (χ4n) is 3.28.